The monoisotopic (exact) mass is 363 g/mol. The van der Waals surface area contributed by atoms with Gasteiger partial charge in [-0.3, -0.25) is 0 Å². The number of hydrogen-bond donors (Lipinski definition) is 1. The zero-order chi connectivity index (χ0) is 15.5. The van der Waals surface area contributed by atoms with E-state index in [0.717, 1.165) is 11.0 Å². The molecule has 0 radical (unpaired) electrons. The van der Waals surface area contributed by atoms with Gasteiger partial charge in [-0.2, -0.15) is 0 Å². The molecule has 0 aliphatic heterocycles. The molecule has 3 heteroatoms. The third kappa shape index (κ3) is 5.50. The van der Waals surface area contributed by atoms with Crippen LogP contribution in [0, 0.1) is 6.92 Å². The molecular weight excluding hydrogens is 342 g/mol. The van der Waals surface area contributed by atoms with Gasteiger partial charge in [-0.05, 0) is 63.6 Å². The van der Waals surface area contributed by atoms with E-state index in [1.54, 1.807) is 0 Å². The van der Waals surface area contributed by atoms with Gasteiger partial charge < -0.3 is 5.32 Å². The van der Waals surface area contributed by atoms with Crippen molar-refractivity contribution < 1.29 is 0 Å². The van der Waals surface area contributed by atoms with Crippen molar-refractivity contribution in [1.29, 1.82) is 0 Å². The molecule has 2 rings (SSSR count). The second-order valence-electron chi connectivity index (χ2n) is 6.27. The minimum atomic E-state index is 0.119. The van der Waals surface area contributed by atoms with Crippen LogP contribution >= 0.6 is 27.7 Å². The summed E-state index contributed by atoms with van der Waals surface area (Å²) in [5.41, 5.74) is 2.74. The van der Waals surface area contributed by atoms with E-state index in [2.05, 4.69) is 91.4 Å². The third-order valence-corrected chi connectivity index (χ3v) is 4.65. The molecule has 1 N–H and O–H groups in total. The van der Waals surface area contributed by atoms with Crippen molar-refractivity contribution in [3.8, 4) is 0 Å². The van der Waals surface area contributed by atoms with Crippen LogP contribution in [-0.4, -0.2) is 5.54 Å². The van der Waals surface area contributed by atoms with Crippen molar-refractivity contribution in [3.63, 3.8) is 0 Å². The number of halogens is 1. The first-order valence-electron chi connectivity index (χ1n) is 7.11. The van der Waals surface area contributed by atoms with Gasteiger partial charge in [-0.1, -0.05) is 45.4 Å². The molecule has 21 heavy (non-hydrogen) atoms. The van der Waals surface area contributed by atoms with Gasteiger partial charge in [0.2, 0.25) is 0 Å². The van der Waals surface area contributed by atoms with Crippen LogP contribution in [-0.2, 0) is 6.54 Å². The third-order valence-electron chi connectivity index (χ3n) is 3.05. The molecule has 0 unspecified atom stereocenters. The lowest BCUT2D eigenvalue weighted by molar-refractivity contribution is 0.422. The second-order valence-corrected chi connectivity index (χ2v) is 8.31. The minimum Gasteiger partial charge on any atom is -0.308 e. The predicted molar refractivity (Wildman–Crippen MR) is 96.0 cm³/mol. The van der Waals surface area contributed by atoms with Gasteiger partial charge >= 0.3 is 0 Å². The SMILES string of the molecule is Cc1cccc(Sc2ccc(Br)cc2CNC(C)(C)C)c1. The van der Waals surface area contributed by atoms with Crippen molar-refractivity contribution in [2.24, 2.45) is 0 Å². The summed E-state index contributed by atoms with van der Waals surface area (Å²) in [5, 5.41) is 3.57. The summed E-state index contributed by atoms with van der Waals surface area (Å²) in [7, 11) is 0. The Labute approximate surface area is 140 Å². The van der Waals surface area contributed by atoms with Crippen LogP contribution in [0.3, 0.4) is 0 Å². The molecule has 2 aromatic carbocycles. The Bertz CT molecular complexity index is 617. The van der Waals surface area contributed by atoms with Gasteiger partial charge in [0.15, 0.2) is 0 Å². The highest BCUT2D eigenvalue weighted by Gasteiger charge is 2.11. The molecule has 0 saturated heterocycles. The van der Waals surface area contributed by atoms with Crippen molar-refractivity contribution in [1.82, 2.24) is 5.32 Å². The fourth-order valence-electron chi connectivity index (χ4n) is 1.95. The van der Waals surface area contributed by atoms with Gasteiger partial charge in [0.25, 0.3) is 0 Å². The van der Waals surface area contributed by atoms with Gasteiger partial charge in [0.05, 0.1) is 0 Å². The Hall–Kier alpha value is -0.770. The van der Waals surface area contributed by atoms with Crippen molar-refractivity contribution in [2.45, 2.75) is 49.6 Å². The van der Waals surface area contributed by atoms with Crippen LogP contribution in [0.1, 0.15) is 31.9 Å². The lowest BCUT2D eigenvalue weighted by Gasteiger charge is -2.21. The molecule has 0 aromatic heterocycles. The fraction of sp³-hybridized carbons (Fsp3) is 0.333. The second kappa shape index (κ2) is 6.99. The fourth-order valence-corrected chi connectivity index (χ4v) is 3.40. The summed E-state index contributed by atoms with van der Waals surface area (Å²) in [6.45, 7) is 9.58. The molecular formula is C18H22BrNS. The van der Waals surface area contributed by atoms with Crippen molar-refractivity contribution in [3.05, 3.63) is 58.1 Å². The zero-order valence-electron chi connectivity index (χ0n) is 13.0. The highest BCUT2D eigenvalue weighted by molar-refractivity contribution is 9.10. The summed E-state index contributed by atoms with van der Waals surface area (Å²) >= 11 is 5.40. The maximum Gasteiger partial charge on any atom is 0.0221 e. The van der Waals surface area contributed by atoms with E-state index in [-0.39, 0.29) is 5.54 Å². The molecule has 0 aliphatic rings. The highest BCUT2D eigenvalue weighted by atomic mass is 79.9. The summed E-state index contributed by atoms with van der Waals surface area (Å²) in [5.74, 6) is 0. The van der Waals surface area contributed by atoms with E-state index in [9.17, 15) is 0 Å². The first-order chi connectivity index (χ1) is 9.83. The van der Waals surface area contributed by atoms with Gasteiger partial charge in [0.1, 0.15) is 0 Å². The zero-order valence-corrected chi connectivity index (χ0v) is 15.4. The van der Waals surface area contributed by atoms with E-state index in [1.165, 1.54) is 20.9 Å². The molecule has 0 aliphatic carbocycles. The summed E-state index contributed by atoms with van der Waals surface area (Å²) in [4.78, 5) is 2.59. The first-order valence-corrected chi connectivity index (χ1v) is 8.72. The molecule has 0 heterocycles. The number of benzene rings is 2. The Kier molecular flexibility index (Phi) is 5.53. The maximum atomic E-state index is 3.58. The van der Waals surface area contributed by atoms with Crippen LogP contribution in [0.25, 0.3) is 0 Å². The number of hydrogen-bond acceptors (Lipinski definition) is 2. The van der Waals surface area contributed by atoms with Gasteiger partial charge in [-0.15, -0.1) is 0 Å². The van der Waals surface area contributed by atoms with E-state index >= 15 is 0 Å². The van der Waals surface area contributed by atoms with Crippen LogP contribution in [0.5, 0.6) is 0 Å². The molecule has 0 saturated carbocycles. The van der Waals surface area contributed by atoms with E-state index in [1.807, 2.05) is 11.8 Å². The quantitative estimate of drug-likeness (QED) is 0.736. The molecule has 112 valence electrons. The molecule has 1 nitrogen and oxygen atoms in total. The average molecular weight is 364 g/mol. The van der Waals surface area contributed by atoms with Crippen molar-refractivity contribution in [2.75, 3.05) is 0 Å². The lowest BCUT2D eigenvalue weighted by atomic mass is 10.1. The molecule has 0 amide bonds. The summed E-state index contributed by atoms with van der Waals surface area (Å²) in [6.07, 6.45) is 0. The smallest absolute Gasteiger partial charge is 0.0221 e. The van der Waals surface area contributed by atoms with Crippen LogP contribution in [0.4, 0.5) is 0 Å². The Morgan fingerprint density at radius 1 is 1.10 bits per heavy atom. The van der Waals surface area contributed by atoms with Crippen LogP contribution in [0.15, 0.2) is 56.7 Å². The molecule has 0 bridgehead atoms. The van der Waals surface area contributed by atoms with E-state index in [0.29, 0.717) is 0 Å². The number of nitrogens with one attached hydrogen (secondary N) is 1. The van der Waals surface area contributed by atoms with Crippen LogP contribution < -0.4 is 5.32 Å². The lowest BCUT2D eigenvalue weighted by Crippen LogP contribution is -2.35. The summed E-state index contributed by atoms with van der Waals surface area (Å²) < 4.78 is 1.13. The predicted octanol–water partition coefficient (Wildman–Crippen LogP) is 5.80. The Balaban J connectivity index is 2.22. The highest BCUT2D eigenvalue weighted by Crippen LogP contribution is 2.32. The minimum absolute atomic E-state index is 0.119. The van der Waals surface area contributed by atoms with E-state index < -0.39 is 0 Å². The standard InChI is InChI=1S/C18H22BrNS/c1-13-6-5-7-16(10-13)21-17-9-8-15(19)11-14(17)12-20-18(2,3)4/h5-11,20H,12H2,1-4H3. The Morgan fingerprint density at radius 3 is 2.52 bits per heavy atom. The normalized spacial score (nSPS) is 11.7. The average Bonchev–Trinajstić information content (AvgIpc) is 2.38. The number of rotatable bonds is 4. The molecule has 0 spiro atoms. The van der Waals surface area contributed by atoms with Gasteiger partial charge in [0, 0.05) is 26.3 Å². The maximum absolute atomic E-state index is 3.58. The molecule has 0 fully saturated rings. The van der Waals surface area contributed by atoms with Crippen molar-refractivity contribution >= 4 is 27.7 Å². The largest absolute Gasteiger partial charge is 0.308 e. The van der Waals surface area contributed by atoms with Gasteiger partial charge in [-0.25, -0.2) is 0 Å². The first kappa shape index (κ1) is 16.6. The Morgan fingerprint density at radius 2 is 1.86 bits per heavy atom. The summed E-state index contributed by atoms with van der Waals surface area (Å²) in [6, 6.07) is 15.2. The van der Waals surface area contributed by atoms with E-state index in [4.69, 9.17) is 0 Å². The molecule has 2 aromatic rings. The molecule has 0 atom stereocenters. The van der Waals surface area contributed by atoms with Crippen LogP contribution in [0.2, 0.25) is 0 Å². The topological polar surface area (TPSA) is 12.0 Å². The number of aryl methyl sites for hydroxylation is 1.